The van der Waals surface area contributed by atoms with Crippen molar-refractivity contribution in [3.63, 3.8) is 0 Å². The molecule has 1 atom stereocenters. The first-order chi connectivity index (χ1) is 10.0. The molecule has 1 N–H and O–H groups in total. The summed E-state index contributed by atoms with van der Waals surface area (Å²) in [5.74, 6) is -0.204. The Hall–Kier alpha value is -0.450. The maximum atomic E-state index is 13.6. The highest BCUT2D eigenvalue weighted by Crippen LogP contribution is 2.27. The molecule has 0 aliphatic carbocycles. The fourth-order valence-corrected chi connectivity index (χ4v) is 3.41. The highest BCUT2D eigenvalue weighted by Gasteiger charge is 2.35. The van der Waals surface area contributed by atoms with E-state index in [1.54, 1.807) is 13.2 Å². The quantitative estimate of drug-likeness (QED) is 0.689. The van der Waals surface area contributed by atoms with Crippen molar-refractivity contribution < 1.29 is 9.13 Å². The van der Waals surface area contributed by atoms with Gasteiger partial charge in [0.05, 0.1) is 5.60 Å². The Morgan fingerprint density at radius 3 is 2.38 bits per heavy atom. The summed E-state index contributed by atoms with van der Waals surface area (Å²) in [6.07, 6.45) is 3.68. The molecule has 0 bridgehead atoms. The average molecular weight is 360 g/mol. The van der Waals surface area contributed by atoms with Crippen LogP contribution >= 0.6 is 15.9 Å². The molecule has 120 valence electrons. The topological polar surface area (TPSA) is 21.3 Å². The molecule has 1 unspecified atom stereocenters. The minimum Gasteiger partial charge on any atom is -0.377 e. The van der Waals surface area contributed by atoms with E-state index in [2.05, 4.69) is 42.0 Å². The number of ether oxygens (including phenoxy) is 1. The molecule has 1 aromatic rings. The van der Waals surface area contributed by atoms with E-state index in [0.29, 0.717) is 0 Å². The van der Waals surface area contributed by atoms with Crippen LogP contribution in [0.4, 0.5) is 4.39 Å². The normalized spacial score (nSPS) is 13.4. The second-order valence-electron chi connectivity index (χ2n) is 5.46. The van der Waals surface area contributed by atoms with E-state index in [1.165, 1.54) is 6.07 Å². The average Bonchev–Trinajstić information content (AvgIpc) is 2.45. The van der Waals surface area contributed by atoms with E-state index in [-0.39, 0.29) is 17.5 Å². The first-order valence-electron chi connectivity index (χ1n) is 7.74. The van der Waals surface area contributed by atoms with Crippen LogP contribution in [0.1, 0.15) is 45.6 Å². The highest BCUT2D eigenvalue weighted by molar-refractivity contribution is 9.10. The number of methoxy groups -OCH3 is 1. The van der Waals surface area contributed by atoms with Gasteiger partial charge in [-0.15, -0.1) is 0 Å². The van der Waals surface area contributed by atoms with Crippen molar-refractivity contribution >= 4 is 15.9 Å². The van der Waals surface area contributed by atoms with Gasteiger partial charge in [0.15, 0.2) is 0 Å². The molecule has 0 amide bonds. The minimum atomic E-state index is -0.214. The molecule has 0 heterocycles. The summed E-state index contributed by atoms with van der Waals surface area (Å²) in [4.78, 5) is 0. The Bertz CT molecular complexity index is 406. The molecule has 4 heteroatoms. The van der Waals surface area contributed by atoms with E-state index < -0.39 is 0 Å². The molecule has 21 heavy (non-hydrogen) atoms. The smallest absolute Gasteiger partial charge is 0.124 e. The van der Waals surface area contributed by atoms with E-state index >= 15 is 0 Å². The maximum Gasteiger partial charge on any atom is 0.124 e. The minimum absolute atomic E-state index is 0.172. The largest absolute Gasteiger partial charge is 0.377 e. The lowest BCUT2D eigenvalue weighted by Crippen LogP contribution is -2.53. The van der Waals surface area contributed by atoms with Gasteiger partial charge in [-0.1, -0.05) is 36.7 Å². The van der Waals surface area contributed by atoms with Crippen LogP contribution in [0.2, 0.25) is 0 Å². The van der Waals surface area contributed by atoms with Gasteiger partial charge in [0.25, 0.3) is 0 Å². The lowest BCUT2D eigenvalue weighted by Gasteiger charge is -2.39. The Morgan fingerprint density at radius 1 is 1.24 bits per heavy atom. The zero-order valence-corrected chi connectivity index (χ0v) is 15.1. The zero-order valence-electron chi connectivity index (χ0n) is 13.5. The van der Waals surface area contributed by atoms with Gasteiger partial charge in [-0.25, -0.2) is 4.39 Å². The van der Waals surface area contributed by atoms with Crippen LogP contribution in [0.3, 0.4) is 0 Å². The Labute approximate surface area is 136 Å². The van der Waals surface area contributed by atoms with Gasteiger partial charge < -0.3 is 10.1 Å². The summed E-state index contributed by atoms with van der Waals surface area (Å²) in [5.41, 5.74) is 0.771. The molecule has 0 radical (unpaired) electrons. The van der Waals surface area contributed by atoms with Gasteiger partial charge in [0, 0.05) is 17.6 Å². The van der Waals surface area contributed by atoms with Crippen LogP contribution < -0.4 is 5.32 Å². The predicted octanol–water partition coefficient (Wildman–Crippen LogP) is 4.70. The fraction of sp³-hybridized carbons (Fsp3) is 0.647. The van der Waals surface area contributed by atoms with Crippen molar-refractivity contribution in [3.05, 3.63) is 34.1 Å². The van der Waals surface area contributed by atoms with Gasteiger partial charge >= 0.3 is 0 Å². The van der Waals surface area contributed by atoms with Crippen molar-refractivity contribution in [2.45, 2.75) is 58.1 Å². The summed E-state index contributed by atoms with van der Waals surface area (Å²) in [6.45, 7) is 7.38. The molecular formula is C17H27BrFNO. The third kappa shape index (κ3) is 5.04. The Morgan fingerprint density at radius 2 is 1.90 bits per heavy atom. The van der Waals surface area contributed by atoms with E-state index in [9.17, 15) is 4.39 Å². The third-order valence-corrected chi connectivity index (χ3v) is 4.70. The molecule has 0 aromatic heterocycles. The number of hydrogen-bond acceptors (Lipinski definition) is 2. The van der Waals surface area contributed by atoms with Gasteiger partial charge in [-0.3, -0.25) is 0 Å². The summed E-state index contributed by atoms with van der Waals surface area (Å²) >= 11 is 3.37. The van der Waals surface area contributed by atoms with Crippen molar-refractivity contribution in [2.75, 3.05) is 13.7 Å². The fourth-order valence-electron chi connectivity index (χ4n) is 2.90. The van der Waals surface area contributed by atoms with E-state index in [4.69, 9.17) is 4.74 Å². The van der Waals surface area contributed by atoms with Crippen molar-refractivity contribution in [1.82, 2.24) is 5.32 Å². The second-order valence-corrected chi connectivity index (χ2v) is 6.38. The highest BCUT2D eigenvalue weighted by atomic mass is 79.9. The molecule has 0 saturated heterocycles. The number of rotatable bonds is 9. The molecule has 0 aliphatic heterocycles. The second kappa shape index (κ2) is 8.86. The monoisotopic (exact) mass is 359 g/mol. The molecule has 0 saturated carbocycles. The molecule has 1 rings (SSSR count). The zero-order chi connectivity index (χ0) is 15.9. The summed E-state index contributed by atoms with van der Waals surface area (Å²) in [5, 5.41) is 3.59. The van der Waals surface area contributed by atoms with Gasteiger partial charge in [0.1, 0.15) is 5.82 Å². The lowest BCUT2D eigenvalue weighted by atomic mass is 9.84. The van der Waals surface area contributed by atoms with Crippen molar-refractivity contribution in [3.8, 4) is 0 Å². The van der Waals surface area contributed by atoms with E-state index in [0.717, 1.165) is 42.3 Å². The van der Waals surface area contributed by atoms with E-state index in [1.807, 2.05) is 6.07 Å². The molecule has 0 fully saturated rings. The van der Waals surface area contributed by atoms with Crippen LogP contribution in [-0.4, -0.2) is 25.3 Å². The first kappa shape index (κ1) is 18.6. The lowest BCUT2D eigenvalue weighted by molar-refractivity contribution is -0.0471. The number of halogens is 2. The van der Waals surface area contributed by atoms with Crippen LogP contribution in [-0.2, 0) is 11.2 Å². The third-order valence-electron chi connectivity index (χ3n) is 4.24. The van der Waals surface area contributed by atoms with Crippen LogP contribution in [0.25, 0.3) is 0 Å². The van der Waals surface area contributed by atoms with Gasteiger partial charge in [0.2, 0.25) is 0 Å². The Kier molecular flexibility index (Phi) is 7.85. The van der Waals surface area contributed by atoms with Gasteiger partial charge in [-0.05, 0) is 56.0 Å². The van der Waals surface area contributed by atoms with Crippen LogP contribution in [0.15, 0.2) is 22.7 Å². The van der Waals surface area contributed by atoms with Crippen molar-refractivity contribution in [1.29, 1.82) is 0 Å². The molecule has 0 aliphatic rings. The number of nitrogens with one attached hydrogen (secondary N) is 1. The number of hydrogen-bond donors (Lipinski definition) is 1. The maximum absolute atomic E-state index is 13.6. The number of benzene rings is 1. The molecular weight excluding hydrogens is 333 g/mol. The first-order valence-corrected chi connectivity index (χ1v) is 8.54. The van der Waals surface area contributed by atoms with Crippen LogP contribution in [0, 0.1) is 5.82 Å². The standard InChI is InChI=1S/C17H27BrFNO/c1-5-8-20-16(17(6-2,7-3)21-4)11-13-9-14(18)12-15(19)10-13/h9-10,12,16,20H,5-8,11H2,1-4H3. The summed E-state index contributed by atoms with van der Waals surface area (Å²) < 4.78 is 20.2. The van der Waals surface area contributed by atoms with Gasteiger partial charge in [-0.2, -0.15) is 0 Å². The molecule has 0 spiro atoms. The summed E-state index contributed by atoms with van der Waals surface area (Å²) in [6, 6.07) is 5.25. The van der Waals surface area contributed by atoms with Crippen molar-refractivity contribution in [2.24, 2.45) is 0 Å². The predicted molar refractivity (Wildman–Crippen MR) is 90.2 cm³/mol. The molecule has 1 aromatic carbocycles. The Balaban J connectivity index is 3.01. The molecule has 2 nitrogen and oxygen atoms in total. The SMILES string of the molecule is CCCNC(Cc1cc(F)cc(Br)c1)C(CC)(CC)OC. The van der Waals surface area contributed by atoms with Crippen LogP contribution in [0.5, 0.6) is 0 Å². The summed E-state index contributed by atoms with van der Waals surface area (Å²) in [7, 11) is 1.77.